The molecule has 2 rings (SSSR count). The van der Waals surface area contributed by atoms with Gasteiger partial charge in [0, 0.05) is 24.1 Å². The van der Waals surface area contributed by atoms with E-state index in [2.05, 4.69) is 17.2 Å². The summed E-state index contributed by atoms with van der Waals surface area (Å²) in [5.41, 5.74) is 8.01. The zero-order valence-electron chi connectivity index (χ0n) is 11.4. The van der Waals surface area contributed by atoms with Crippen LogP contribution in [0.25, 0.3) is 0 Å². The monoisotopic (exact) mass is 247 g/mol. The van der Waals surface area contributed by atoms with E-state index in [0.717, 1.165) is 30.6 Å². The third-order valence-electron chi connectivity index (χ3n) is 3.75. The lowest BCUT2D eigenvalue weighted by atomic mass is 10.0. The summed E-state index contributed by atoms with van der Waals surface area (Å²) in [6.45, 7) is 3.38. The summed E-state index contributed by atoms with van der Waals surface area (Å²) in [5.74, 6) is 0.933. The molecule has 1 aliphatic carbocycles. The van der Waals surface area contributed by atoms with Gasteiger partial charge in [0.2, 0.25) is 0 Å². The highest BCUT2D eigenvalue weighted by Crippen LogP contribution is 2.34. The van der Waals surface area contributed by atoms with Gasteiger partial charge in [-0.3, -0.25) is 4.98 Å². The van der Waals surface area contributed by atoms with Crippen LogP contribution in [-0.2, 0) is 6.42 Å². The normalized spacial score (nSPS) is 16.7. The molecule has 3 heteroatoms. The maximum atomic E-state index is 5.93. The average molecular weight is 247 g/mol. The Morgan fingerprint density at radius 2 is 2.33 bits per heavy atom. The maximum Gasteiger partial charge on any atom is 0.0377 e. The lowest BCUT2D eigenvalue weighted by molar-refractivity contribution is 0.425. The van der Waals surface area contributed by atoms with Crippen molar-refractivity contribution >= 4 is 5.69 Å². The van der Waals surface area contributed by atoms with E-state index in [1.807, 2.05) is 12.3 Å². The van der Waals surface area contributed by atoms with E-state index in [9.17, 15) is 0 Å². The number of rotatable bonds is 8. The minimum absolute atomic E-state index is 0.725. The SMILES string of the molecule is CCCNC(CCCc1cnccc1N)C1CC1. The molecule has 18 heavy (non-hydrogen) atoms. The number of pyridine rings is 1. The summed E-state index contributed by atoms with van der Waals surface area (Å²) < 4.78 is 0. The summed E-state index contributed by atoms with van der Waals surface area (Å²) in [6.07, 6.45) is 11.2. The molecule has 0 aliphatic heterocycles. The predicted molar refractivity (Wildman–Crippen MR) is 76.4 cm³/mol. The summed E-state index contributed by atoms with van der Waals surface area (Å²) in [5, 5.41) is 3.69. The molecule has 1 aromatic rings. The molecule has 0 bridgehead atoms. The van der Waals surface area contributed by atoms with Crippen molar-refractivity contribution in [3.05, 3.63) is 24.0 Å². The van der Waals surface area contributed by atoms with E-state index in [-0.39, 0.29) is 0 Å². The van der Waals surface area contributed by atoms with Crippen LogP contribution in [0.15, 0.2) is 18.5 Å². The summed E-state index contributed by atoms with van der Waals surface area (Å²) in [4.78, 5) is 4.14. The van der Waals surface area contributed by atoms with Crippen molar-refractivity contribution in [3.8, 4) is 0 Å². The standard InChI is InChI=1S/C15H25N3/c1-2-9-18-15(12-6-7-12)5-3-4-13-11-17-10-8-14(13)16/h8,10-12,15,18H,2-7,9H2,1H3,(H2,16,17). The fourth-order valence-electron chi connectivity index (χ4n) is 2.49. The molecule has 1 aromatic heterocycles. The Labute approximate surface area is 110 Å². The van der Waals surface area contributed by atoms with Crippen molar-refractivity contribution in [3.63, 3.8) is 0 Å². The number of anilines is 1. The molecule has 1 saturated carbocycles. The van der Waals surface area contributed by atoms with Gasteiger partial charge in [-0.25, -0.2) is 0 Å². The van der Waals surface area contributed by atoms with Crippen LogP contribution in [0.1, 0.15) is 44.6 Å². The van der Waals surface area contributed by atoms with Crippen molar-refractivity contribution in [1.29, 1.82) is 0 Å². The molecule has 1 fully saturated rings. The Balaban J connectivity index is 1.74. The Hall–Kier alpha value is -1.09. The largest absolute Gasteiger partial charge is 0.398 e. The number of aromatic nitrogens is 1. The third kappa shape index (κ3) is 3.98. The van der Waals surface area contributed by atoms with Crippen LogP contribution in [0, 0.1) is 5.92 Å². The van der Waals surface area contributed by atoms with Gasteiger partial charge in [0.1, 0.15) is 0 Å². The number of nitrogens with two attached hydrogens (primary N) is 1. The second-order valence-electron chi connectivity index (χ2n) is 5.36. The molecular formula is C15H25N3. The van der Waals surface area contributed by atoms with E-state index < -0.39 is 0 Å². The summed E-state index contributed by atoms with van der Waals surface area (Å²) in [6, 6.07) is 2.62. The van der Waals surface area contributed by atoms with Gasteiger partial charge in [-0.1, -0.05) is 6.92 Å². The minimum atomic E-state index is 0.725. The van der Waals surface area contributed by atoms with Gasteiger partial charge in [-0.15, -0.1) is 0 Å². The van der Waals surface area contributed by atoms with Gasteiger partial charge in [0.15, 0.2) is 0 Å². The summed E-state index contributed by atoms with van der Waals surface area (Å²) >= 11 is 0. The fourth-order valence-corrected chi connectivity index (χ4v) is 2.49. The molecule has 0 spiro atoms. The third-order valence-corrected chi connectivity index (χ3v) is 3.75. The van der Waals surface area contributed by atoms with Crippen LogP contribution in [-0.4, -0.2) is 17.6 Å². The Morgan fingerprint density at radius 1 is 1.50 bits per heavy atom. The highest BCUT2D eigenvalue weighted by atomic mass is 14.9. The zero-order chi connectivity index (χ0) is 12.8. The molecule has 1 heterocycles. The fraction of sp³-hybridized carbons (Fsp3) is 0.667. The van der Waals surface area contributed by atoms with Gasteiger partial charge >= 0.3 is 0 Å². The maximum absolute atomic E-state index is 5.93. The Bertz CT molecular complexity index is 361. The van der Waals surface area contributed by atoms with Gasteiger partial charge in [0.25, 0.3) is 0 Å². The average Bonchev–Trinajstić information content (AvgIpc) is 3.20. The van der Waals surface area contributed by atoms with Crippen LogP contribution >= 0.6 is 0 Å². The number of hydrogen-bond donors (Lipinski definition) is 2. The molecular weight excluding hydrogens is 222 g/mol. The van der Waals surface area contributed by atoms with Crippen molar-refractivity contribution in [1.82, 2.24) is 10.3 Å². The van der Waals surface area contributed by atoms with Gasteiger partial charge < -0.3 is 11.1 Å². The second-order valence-corrected chi connectivity index (χ2v) is 5.36. The van der Waals surface area contributed by atoms with Crippen LogP contribution in [0.5, 0.6) is 0 Å². The van der Waals surface area contributed by atoms with Crippen molar-refractivity contribution < 1.29 is 0 Å². The highest BCUT2D eigenvalue weighted by molar-refractivity contribution is 5.44. The van der Waals surface area contributed by atoms with E-state index >= 15 is 0 Å². The zero-order valence-corrected chi connectivity index (χ0v) is 11.4. The van der Waals surface area contributed by atoms with Crippen molar-refractivity contribution in [2.24, 2.45) is 5.92 Å². The topological polar surface area (TPSA) is 50.9 Å². The number of aryl methyl sites for hydroxylation is 1. The first-order valence-electron chi connectivity index (χ1n) is 7.23. The quantitative estimate of drug-likeness (QED) is 0.742. The Morgan fingerprint density at radius 3 is 3.00 bits per heavy atom. The second kappa shape index (κ2) is 6.74. The Kier molecular flexibility index (Phi) is 5.00. The number of nitrogen functional groups attached to an aromatic ring is 1. The van der Waals surface area contributed by atoms with Crippen molar-refractivity contribution in [2.75, 3.05) is 12.3 Å². The molecule has 1 aliphatic rings. The van der Waals surface area contributed by atoms with Gasteiger partial charge in [-0.05, 0) is 62.6 Å². The lowest BCUT2D eigenvalue weighted by Crippen LogP contribution is -2.31. The number of nitrogens with zero attached hydrogens (tertiary/aromatic N) is 1. The van der Waals surface area contributed by atoms with Crippen LogP contribution < -0.4 is 11.1 Å². The molecule has 0 amide bonds. The van der Waals surface area contributed by atoms with E-state index in [0.29, 0.717) is 0 Å². The first-order valence-corrected chi connectivity index (χ1v) is 7.23. The van der Waals surface area contributed by atoms with E-state index in [1.165, 1.54) is 37.7 Å². The van der Waals surface area contributed by atoms with Crippen LogP contribution in [0.4, 0.5) is 5.69 Å². The predicted octanol–water partition coefficient (Wildman–Crippen LogP) is 2.76. The van der Waals surface area contributed by atoms with Gasteiger partial charge in [-0.2, -0.15) is 0 Å². The highest BCUT2D eigenvalue weighted by Gasteiger charge is 2.29. The molecule has 0 aromatic carbocycles. The molecule has 0 radical (unpaired) electrons. The summed E-state index contributed by atoms with van der Waals surface area (Å²) in [7, 11) is 0. The lowest BCUT2D eigenvalue weighted by Gasteiger charge is -2.17. The van der Waals surface area contributed by atoms with Crippen molar-refractivity contribution in [2.45, 2.75) is 51.5 Å². The van der Waals surface area contributed by atoms with Gasteiger partial charge in [0.05, 0.1) is 0 Å². The molecule has 3 nitrogen and oxygen atoms in total. The molecule has 100 valence electrons. The minimum Gasteiger partial charge on any atom is -0.398 e. The number of hydrogen-bond acceptors (Lipinski definition) is 3. The van der Waals surface area contributed by atoms with Crippen LogP contribution in [0.3, 0.4) is 0 Å². The number of nitrogens with one attached hydrogen (secondary N) is 1. The smallest absolute Gasteiger partial charge is 0.0377 e. The molecule has 3 N–H and O–H groups in total. The first-order chi connectivity index (χ1) is 8.81. The molecule has 1 atom stereocenters. The first kappa shape index (κ1) is 13.3. The molecule has 1 unspecified atom stereocenters. The van der Waals surface area contributed by atoms with E-state index in [4.69, 9.17) is 5.73 Å². The van der Waals surface area contributed by atoms with Crippen LogP contribution in [0.2, 0.25) is 0 Å². The van der Waals surface area contributed by atoms with E-state index in [1.54, 1.807) is 6.20 Å². The molecule has 0 saturated heterocycles.